The zero-order valence-electron chi connectivity index (χ0n) is 16.6. The van der Waals surface area contributed by atoms with Crippen LogP contribution in [0.15, 0.2) is 39.5 Å². The maximum atomic E-state index is 13.4. The second-order valence-corrected chi connectivity index (χ2v) is 8.30. The third-order valence-electron chi connectivity index (χ3n) is 5.85. The molecule has 3 heterocycles. The molecular formula is C22H22Cl2F2N4O. The van der Waals surface area contributed by atoms with Crippen LogP contribution in [0.4, 0.5) is 14.5 Å². The number of allylic oxidation sites excluding steroid dienone is 1. The summed E-state index contributed by atoms with van der Waals surface area (Å²) in [5, 5.41) is 14.9. The number of fused-ring (bicyclic) bond motifs is 3. The van der Waals surface area contributed by atoms with E-state index < -0.39 is 11.6 Å². The summed E-state index contributed by atoms with van der Waals surface area (Å²) in [7, 11) is 0. The van der Waals surface area contributed by atoms with Crippen LogP contribution in [0.3, 0.4) is 0 Å². The highest BCUT2D eigenvalue weighted by Gasteiger charge is 2.28. The number of hydrogen-bond donors (Lipinski definition) is 2. The minimum Gasteiger partial charge on any atom is -0.490 e. The molecular weight excluding hydrogens is 445 g/mol. The van der Waals surface area contributed by atoms with Crippen LogP contribution in [0, 0.1) is 17.6 Å². The van der Waals surface area contributed by atoms with Gasteiger partial charge < -0.3 is 15.0 Å². The van der Waals surface area contributed by atoms with E-state index in [-0.39, 0.29) is 30.2 Å². The number of nitrogens with one attached hydrogen (secondary N) is 2. The molecule has 1 fully saturated rings. The molecule has 2 N–H and O–H groups in total. The maximum absolute atomic E-state index is 13.4. The lowest BCUT2D eigenvalue weighted by atomic mass is 9.84. The van der Waals surface area contributed by atoms with Crippen molar-refractivity contribution < 1.29 is 13.5 Å². The summed E-state index contributed by atoms with van der Waals surface area (Å²) in [6.07, 6.45) is 7.11. The van der Waals surface area contributed by atoms with Crippen LogP contribution >= 0.6 is 24.0 Å². The first-order valence-electron chi connectivity index (χ1n) is 10.1. The van der Waals surface area contributed by atoms with Crippen molar-refractivity contribution in [2.75, 3.05) is 11.9 Å². The Balaban J connectivity index is 0.00000231. The third kappa shape index (κ3) is 4.48. The highest BCUT2D eigenvalue weighted by Crippen LogP contribution is 2.34. The minimum atomic E-state index is -0.628. The molecule has 0 bridgehead atoms. The molecule has 5 nitrogen and oxygen atoms in total. The minimum absolute atomic E-state index is 0. The number of nitrogens with zero attached hydrogens (tertiary/aromatic N) is 2. The van der Waals surface area contributed by atoms with Crippen LogP contribution in [-0.4, -0.2) is 17.6 Å². The summed E-state index contributed by atoms with van der Waals surface area (Å²) in [6.45, 7) is 1.20. The number of ether oxygens (including phenoxy) is 1. The van der Waals surface area contributed by atoms with Crippen molar-refractivity contribution in [3.05, 3.63) is 57.2 Å². The van der Waals surface area contributed by atoms with Gasteiger partial charge >= 0.3 is 0 Å². The van der Waals surface area contributed by atoms with Gasteiger partial charge in [-0.2, -0.15) is 10.2 Å². The lowest BCUT2D eigenvalue weighted by molar-refractivity contribution is 0.141. The fourth-order valence-electron chi connectivity index (χ4n) is 4.46. The summed E-state index contributed by atoms with van der Waals surface area (Å²) in [5.74, 6) is -0.763. The third-order valence-corrected chi connectivity index (χ3v) is 6.12. The molecule has 164 valence electrons. The molecule has 0 amide bonds. The first kappa shape index (κ1) is 21.8. The van der Waals surface area contributed by atoms with Gasteiger partial charge in [-0.3, -0.25) is 0 Å². The Kier molecular flexibility index (Phi) is 6.34. The average Bonchev–Trinajstić information content (AvgIpc) is 2.94. The van der Waals surface area contributed by atoms with Gasteiger partial charge in [0.05, 0.1) is 34.7 Å². The molecule has 0 atom stereocenters. The molecule has 31 heavy (non-hydrogen) atoms. The highest BCUT2D eigenvalue weighted by molar-refractivity contribution is 6.34. The smallest absolute Gasteiger partial charge is 0.129 e. The Hall–Kier alpha value is -2.38. The van der Waals surface area contributed by atoms with E-state index in [9.17, 15) is 8.78 Å². The molecule has 0 spiro atoms. The first-order valence-corrected chi connectivity index (χ1v) is 10.5. The number of rotatable bonds is 3. The number of anilines is 1. The van der Waals surface area contributed by atoms with E-state index in [2.05, 4.69) is 20.5 Å². The fraction of sp³-hybridized carbons (Fsp3) is 0.364. The standard InChI is InChI=1S/C22H21ClF2N4O.ClH/c23-13-5-6-26-21-18-11-27-29-20(22(18)28-19(21)7-13)12-1-3-16(4-2-12)30-17-9-14(24)8-15(25)10-17;/h5,7-10,12,16,26,28H,1-4,6,11H2;1H/t12-,16-;. The summed E-state index contributed by atoms with van der Waals surface area (Å²) in [4.78, 5) is 3.49. The van der Waals surface area contributed by atoms with E-state index in [1.165, 1.54) is 12.1 Å². The summed E-state index contributed by atoms with van der Waals surface area (Å²) in [5.41, 5.74) is 3.13. The van der Waals surface area contributed by atoms with Gasteiger partial charge in [-0.25, -0.2) is 8.78 Å². The lowest BCUT2D eigenvalue weighted by Crippen LogP contribution is -2.28. The molecule has 5 rings (SSSR count). The number of H-pyrrole nitrogens is 1. The topological polar surface area (TPSA) is 61.8 Å². The van der Waals surface area contributed by atoms with E-state index >= 15 is 0 Å². The number of aromatic amines is 1. The summed E-state index contributed by atoms with van der Waals surface area (Å²) < 4.78 is 32.6. The van der Waals surface area contributed by atoms with Crippen molar-refractivity contribution in [2.24, 2.45) is 16.1 Å². The Morgan fingerprint density at radius 1 is 1.06 bits per heavy atom. The maximum Gasteiger partial charge on any atom is 0.129 e. The van der Waals surface area contributed by atoms with Crippen molar-refractivity contribution in [1.82, 2.24) is 4.98 Å². The van der Waals surface area contributed by atoms with E-state index in [0.717, 1.165) is 59.4 Å². The predicted octanol–water partition coefficient (Wildman–Crippen LogP) is 4.76. The van der Waals surface area contributed by atoms with Crippen LogP contribution in [-0.2, 0) is 6.54 Å². The zero-order chi connectivity index (χ0) is 20.7. The largest absolute Gasteiger partial charge is 0.490 e. The number of hydrogen-bond acceptors (Lipinski definition) is 4. The molecule has 3 aliphatic rings. The lowest BCUT2D eigenvalue weighted by Gasteiger charge is -2.29. The second-order valence-electron chi connectivity index (χ2n) is 7.86. The summed E-state index contributed by atoms with van der Waals surface area (Å²) >= 11 is 6.23. The van der Waals surface area contributed by atoms with Gasteiger partial charge in [0.2, 0.25) is 0 Å². The van der Waals surface area contributed by atoms with Gasteiger partial charge in [-0.15, -0.1) is 12.4 Å². The second kappa shape index (κ2) is 9.01. The SMILES string of the molecule is Cl.Fc1cc(F)cc(O[C@H]2CC[C@H](C3=c4[nH]c5c(c4CN=N3)NCC=C(Cl)C=5)CC2)c1. The Labute approximate surface area is 189 Å². The molecule has 1 saturated carbocycles. The van der Waals surface area contributed by atoms with Crippen molar-refractivity contribution >= 4 is 41.5 Å². The van der Waals surface area contributed by atoms with Crippen molar-refractivity contribution in [3.63, 3.8) is 0 Å². The Morgan fingerprint density at radius 2 is 1.81 bits per heavy atom. The normalized spacial score (nSPS) is 22.2. The number of azo groups is 1. The average molecular weight is 467 g/mol. The zero-order valence-corrected chi connectivity index (χ0v) is 18.2. The van der Waals surface area contributed by atoms with E-state index in [1.807, 2.05) is 12.2 Å². The van der Waals surface area contributed by atoms with Crippen molar-refractivity contribution in [2.45, 2.75) is 38.3 Å². The van der Waals surface area contributed by atoms with Crippen LogP contribution < -0.4 is 20.8 Å². The number of aromatic nitrogens is 1. The van der Waals surface area contributed by atoms with E-state index in [1.54, 1.807) is 0 Å². The highest BCUT2D eigenvalue weighted by atomic mass is 35.5. The quantitative estimate of drug-likeness (QED) is 0.684. The summed E-state index contributed by atoms with van der Waals surface area (Å²) in [6, 6.07) is 3.29. The van der Waals surface area contributed by atoms with Gasteiger partial charge in [0, 0.05) is 41.3 Å². The molecule has 0 unspecified atom stereocenters. The van der Waals surface area contributed by atoms with Crippen molar-refractivity contribution in [1.29, 1.82) is 0 Å². The molecule has 1 aromatic carbocycles. The molecule has 1 aliphatic carbocycles. The molecule has 2 aliphatic heterocycles. The van der Waals surface area contributed by atoms with Crippen LogP contribution in [0.1, 0.15) is 31.2 Å². The van der Waals surface area contributed by atoms with Gasteiger partial charge in [0.25, 0.3) is 0 Å². The molecule has 9 heteroatoms. The number of halogens is 4. The van der Waals surface area contributed by atoms with Gasteiger partial charge in [-0.05, 0) is 37.8 Å². The van der Waals surface area contributed by atoms with Crippen LogP contribution in [0.2, 0.25) is 0 Å². The monoisotopic (exact) mass is 466 g/mol. The van der Waals surface area contributed by atoms with Gasteiger partial charge in [0.15, 0.2) is 0 Å². The van der Waals surface area contributed by atoms with E-state index in [4.69, 9.17) is 16.3 Å². The number of benzene rings is 1. The Morgan fingerprint density at radius 3 is 2.55 bits per heavy atom. The first-order chi connectivity index (χ1) is 14.6. The fourth-order valence-corrected chi connectivity index (χ4v) is 4.64. The Bertz CT molecular complexity index is 1150. The molecule has 0 saturated heterocycles. The molecule has 0 radical (unpaired) electrons. The van der Waals surface area contributed by atoms with Gasteiger partial charge in [0.1, 0.15) is 17.4 Å². The van der Waals surface area contributed by atoms with Crippen LogP contribution in [0.25, 0.3) is 11.8 Å². The molecule has 1 aromatic heterocycles. The molecule has 2 aromatic rings. The van der Waals surface area contributed by atoms with Gasteiger partial charge in [-0.1, -0.05) is 11.6 Å². The van der Waals surface area contributed by atoms with Crippen molar-refractivity contribution in [3.8, 4) is 5.75 Å². The van der Waals surface area contributed by atoms with Crippen LogP contribution in [0.5, 0.6) is 5.75 Å². The van der Waals surface area contributed by atoms with E-state index in [0.29, 0.717) is 18.1 Å². The predicted molar refractivity (Wildman–Crippen MR) is 119 cm³/mol.